The van der Waals surface area contributed by atoms with Crippen LogP contribution in [-0.4, -0.2) is 9.67 Å². The van der Waals surface area contributed by atoms with Crippen LogP contribution in [0.3, 0.4) is 0 Å². The van der Waals surface area contributed by atoms with Crippen LogP contribution in [0, 0.1) is 3.95 Å². The van der Waals surface area contributed by atoms with Crippen molar-refractivity contribution in [3.05, 3.63) is 78.9 Å². The average Bonchev–Trinajstić information content (AvgIpc) is 3.09. The molecule has 0 bridgehead atoms. The molecule has 24 heavy (non-hydrogen) atoms. The fourth-order valence-corrected chi connectivity index (χ4v) is 3.91. The van der Waals surface area contributed by atoms with E-state index in [1.54, 1.807) is 16.7 Å². The summed E-state index contributed by atoms with van der Waals surface area (Å²) >= 11 is 12.9. The van der Waals surface area contributed by atoms with Gasteiger partial charge in [0.2, 0.25) is 5.88 Å². The molecule has 0 saturated heterocycles. The number of halogens is 1. The van der Waals surface area contributed by atoms with Crippen molar-refractivity contribution in [3.8, 4) is 11.6 Å². The van der Waals surface area contributed by atoms with Crippen LogP contribution in [0.2, 0.25) is 5.02 Å². The summed E-state index contributed by atoms with van der Waals surface area (Å²) in [5, 5.41) is 12.7. The largest absolute Gasteiger partial charge is 0.493 e. The molecule has 7 heteroatoms. The van der Waals surface area contributed by atoms with Gasteiger partial charge in [0.1, 0.15) is 0 Å². The second-order valence-electron chi connectivity index (χ2n) is 5.06. The summed E-state index contributed by atoms with van der Waals surface area (Å²) in [5.41, 5.74) is 0.645. The quantitative estimate of drug-likeness (QED) is 0.695. The third-order valence-corrected chi connectivity index (χ3v) is 5.15. The maximum absolute atomic E-state index is 10.6. The second kappa shape index (κ2) is 5.98. The summed E-state index contributed by atoms with van der Waals surface area (Å²) in [7, 11) is 0. The van der Waals surface area contributed by atoms with Gasteiger partial charge in [0.05, 0.1) is 26.3 Å². The van der Waals surface area contributed by atoms with E-state index in [-0.39, 0.29) is 5.88 Å². The van der Waals surface area contributed by atoms with Gasteiger partial charge in [-0.05, 0) is 36.5 Å². The zero-order chi connectivity index (χ0) is 16.7. The van der Waals surface area contributed by atoms with Gasteiger partial charge in [-0.15, -0.1) is 11.3 Å². The minimum Gasteiger partial charge on any atom is -0.493 e. The predicted molar refractivity (Wildman–Crippen MR) is 97.9 cm³/mol. The molecule has 118 valence electrons. The molecule has 1 aliphatic heterocycles. The van der Waals surface area contributed by atoms with Crippen molar-refractivity contribution in [2.45, 2.75) is 0 Å². The average molecular weight is 372 g/mol. The van der Waals surface area contributed by atoms with E-state index in [2.05, 4.69) is 9.98 Å². The maximum Gasteiger partial charge on any atom is 0.215 e. The van der Waals surface area contributed by atoms with Crippen LogP contribution in [-0.2, 0) is 0 Å². The summed E-state index contributed by atoms with van der Waals surface area (Å²) < 4.78 is 2.06. The van der Waals surface area contributed by atoms with E-state index in [0.29, 0.717) is 25.4 Å². The van der Waals surface area contributed by atoms with Crippen molar-refractivity contribution in [2.24, 2.45) is 9.98 Å². The fraction of sp³-hybridized carbons (Fsp3) is 0. The third kappa shape index (κ3) is 2.58. The Labute approximate surface area is 151 Å². The molecule has 0 amide bonds. The predicted octanol–water partition coefficient (Wildman–Crippen LogP) is 3.88. The van der Waals surface area contributed by atoms with Crippen molar-refractivity contribution >= 4 is 41.2 Å². The first-order valence-electron chi connectivity index (χ1n) is 7.07. The lowest BCUT2D eigenvalue weighted by atomic mass is 10.3. The smallest absolute Gasteiger partial charge is 0.215 e. The summed E-state index contributed by atoms with van der Waals surface area (Å²) in [4.78, 5) is 9.47. The third-order valence-electron chi connectivity index (χ3n) is 3.52. The van der Waals surface area contributed by atoms with E-state index in [1.165, 1.54) is 11.3 Å². The van der Waals surface area contributed by atoms with Gasteiger partial charge >= 0.3 is 0 Å². The van der Waals surface area contributed by atoms with E-state index >= 15 is 0 Å². The zero-order valence-electron chi connectivity index (χ0n) is 12.2. The SMILES string of the molecule is Oc1c(C=C2N=c3ccccc3=N2)sc(=S)n1-c1ccccc1Cl. The Morgan fingerprint density at radius 3 is 2.33 bits per heavy atom. The highest BCUT2D eigenvalue weighted by molar-refractivity contribution is 7.73. The van der Waals surface area contributed by atoms with Crippen molar-refractivity contribution in [2.75, 3.05) is 0 Å². The fourth-order valence-electron chi connectivity index (χ4n) is 2.43. The first kappa shape index (κ1) is 15.3. The standard InChI is InChI=1S/C17H10ClN3OS2/c18-10-5-1-4-8-13(10)21-16(22)14(24-17(21)23)9-15-19-11-6-2-3-7-12(11)20-15/h1-9,22H. The highest BCUT2D eigenvalue weighted by Crippen LogP contribution is 2.34. The van der Waals surface area contributed by atoms with Gasteiger partial charge in [-0.1, -0.05) is 35.9 Å². The summed E-state index contributed by atoms with van der Waals surface area (Å²) in [6, 6.07) is 14.9. The molecular weight excluding hydrogens is 362 g/mol. The molecule has 1 aliphatic rings. The van der Waals surface area contributed by atoms with Crippen LogP contribution >= 0.6 is 35.2 Å². The maximum atomic E-state index is 10.6. The Balaban J connectivity index is 1.84. The summed E-state index contributed by atoms with van der Waals surface area (Å²) in [6.07, 6.45) is 1.73. The monoisotopic (exact) mass is 371 g/mol. The number of fused-ring (bicyclic) bond motifs is 1. The topological polar surface area (TPSA) is 49.9 Å². The van der Waals surface area contributed by atoms with Gasteiger partial charge in [-0.25, -0.2) is 9.98 Å². The number of thiazole rings is 1. The zero-order valence-corrected chi connectivity index (χ0v) is 14.6. The van der Waals surface area contributed by atoms with E-state index < -0.39 is 0 Å². The van der Waals surface area contributed by atoms with Crippen LogP contribution in [0.5, 0.6) is 5.88 Å². The Kier molecular flexibility index (Phi) is 3.80. The van der Waals surface area contributed by atoms with Gasteiger partial charge < -0.3 is 5.11 Å². The molecule has 0 aliphatic carbocycles. The molecule has 1 N–H and O–H groups in total. The molecule has 2 aromatic carbocycles. The van der Waals surface area contributed by atoms with E-state index in [4.69, 9.17) is 23.8 Å². The van der Waals surface area contributed by atoms with Crippen LogP contribution < -0.4 is 10.7 Å². The summed E-state index contributed by atoms with van der Waals surface area (Å²) in [6.45, 7) is 0. The number of aromatic hydroxyl groups is 1. The number of aromatic nitrogens is 1. The van der Waals surface area contributed by atoms with Gasteiger partial charge in [0, 0.05) is 6.08 Å². The molecule has 2 heterocycles. The van der Waals surface area contributed by atoms with Crippen molar-refractivity contribution in [3.63, 3.8) is 0 Å². The Morgan fingerprint density at radius 2 is 1.67 bits per heavy atom. The molecule has 3 aromatic rings. The van der Waals surface area contributed by atoms with Crippen LogP contribution in [0.1, 0.15) is 4.88 Å². The lowest BCUT2D eigenvalue weighted by molar-refractivity contribution is 0.441. The number of nitrogens with zero attached hydrogens (tertiary/aromatic N) is 3. The van der Waals surface area contributed by atoms with Gasteiger partial charge in [0.15, 0.2) is 9.78 Å². The van der Waals surface area contributed by atoms with Crippen LogP contribution in [0.15, 0.2) is 64.3 Å². The first-order valence-corrected chi connectivity index (χ1v) is 8.67. The number of hydrogen-bond acceptors (Lipinski definition) is 5. The van der Waals surface area contributed by atoms with Crippen molar-refractivity contribution in [1.82, 2.24) is 4.57 Å². The number of benzene rings is 2. The molecule has 0 unspecified atom stereocenters. The van der Waals surface area contributed by atoms with Crippen LogP contribution in [0.4, 0.5) is 0 Å². The minimum absolute atomic E-state index is 0.0342. The lowest BCUT2D eigenvalue weighted by Crippen LogP contribution is -2.19. The minimum atomic E-state index is 0.0342. The molecular formula is C17H10ClN3OS2. The Bertz CT molecular complexity index is 1120. The molecule has 4 nitrogen and oxygen atoms in total. The molecule has 0 radical (unpaired) electrons. The molecule has 0 spiro atoms. The van der Waals surface area contributed by atoms with E-state index in [9.17, 15) is 5.11 Å². The molecule has 1 aromatic heterocycles. The van der Waals surface area contributed by atoms with E-state index in [1.807, 2.05) is 42.5 Å². The van der Waals surface area contributed by atoms with Crippen molar-refractivity contribution < 1.29 is 5.11 Å². The lowest BCUT2D eigenvalue weighted by Gasteiger charge is -2.06. The Morgan fingerprint density at radius 1 is 1.04 bits per heavy atom. The van der Waals surface area contributed by atoms with Crippen molar-refractivity contribution in [1.29, 1.82) is 0 Å². The van der Waals surface area contributed by atoms with Gasteiger partial charge in [-0.3, -0.25) is 4.57 Å². The summed E-state index contributed by atoms with van der Waals surface area (Å²) in [5.74, 6) is 0.570. The highest BCUT2D eigenvalue weighted by atomic mass is 35.5. The molecule has 0 atom stereocenters. The number of rotatable bonds is 2. The normalized spacial score (nSPS) is 12.5. The van der Waals surface area contributed by atoms with Gasteiger partial charge in [0.25, 0.3) is 0 Å². The number of para-hydroxylation sites is 3. The Hall–Kier alpha value is -2.28. The second-order valence-corrected chi connectivity index (χ2v) is 7.14. The molecule has 4 rings (SSSR count). The highest BCUT2D eigenvalue weighted by Gasteiger charge is 2.15. The first-order chi connectivity index (χ1) is 11.6. The van der Waals surface area contributed by atoms with Gasteiger partial charge in [-0.2, -0.15) is 0 Å². The van der Waals surface area contributed by atoms with Crippen LogP contribution in [0.25, 0.3) is 11.8 Å². The molecule has 0 saturated carbocycles. The molecule has 0 fully saturated rings. The van der Waals surface area contributed by atoms with E-state index in [0.717, 1.165) is 10.7 Å². The number of hydrogen-bond donors (Lipinski definition) is 1.